The van der Waals surface area contributed by atoms with Crippen LogP contribution in [-0.4, -0.2) is 83.5 Å². The van der Waals surface area contributed by atoms with Gasteiger partial charge in [0, 0.05) is 39.8 Å². The van der Waals surface area contributed by atoms with Crippen LogP contribution in [-0.2, 0) is 14.3 Å². The van der Waals surface area contributed by atoms with Crippen molar-refractivity contribution < 1.29 is 14.3 Å². The molecule has 1 rings (SSSR count). The number of amides is 1. The summed E-state index contributed by atoms with van der Waals surface area (Å²) in [6, 6.07) is 0. The van der Waals surface area contributed by atoms with Crippen molar-refractivity contribution in [1.29, 1.82) is 0 Å². The Hall–Kier alpha value is -0.650. The van der Waals surface area contributed by atoms with Gasteiger partial charge in [0.05, 0.1) is 13.2 Å². The first-order valence-electron chi connectivity index (χ1n) is 9.70. The molecular formula is C18H38IN5O3. The van der Waals surface area contributed by atoms with Gasteiger partial charge in [0.2, 0.25) is 5.91 Å². The van der Waals surface area contributed by atoms with E-state index < -0.39 is 0 Å². The average Bonchev–Trinajstić information content (AvgIpc) is 2.65. The first-order valence-corrected chi connectivity index (χ1v) is 9.70. The molecule has 0 unspecified atom stereocenters. The SMILES string of the molecule is CN=C(NCCCCN1CCC(C(N)=O)CC1)NCCCOCCOC.I. The van der Waals surface area contributed by atoms with Gasteiger partial charge in [0.25, 0.3) is 0 Å². The maximum atomic E-state index is 11.2. The van der Waals surface area contributed by atoms with Gasteiger partial charge in [-0.3, -0.25) is 9.79 Å². The number of ether oxygens (including phenoxy) is 2. The molecule has 1 fully saturated rings. The number of nitrogens with two attached hydrogens (primary N) is 1. The second-order valence-electron chi connectivity index (χ2n) is 6.61. The summed E-state index contributed by atoms with van der Waals surface area (Å²) in [6.07, 6.45) is 4.97. The lowest BCUT2D eigenvalue weighted by Crippen LogP contribution is -2.40. The Morgan fingerprint density at radius 3 is 2.37 bits per heavy atom. The molecule has 0 saturated carbocycles. The van der Waals surface area contributed by atoms with Gasteiger partial charge in [-0.1, -0.05) is 0 Å². The summed E-state index contributed by atoms with van der Waals surface area (Å²) in [5.74, 6) is 0.770. The number of carbonyl (C=O) groups is 1. The largest absolute Gasteiger partial charge is 0.382 e. The molecule has 0 aliphatic carbocycles. The molecule has 160 valence electrons. The molecule has 4 N–H and O–H groups in total. The summed E-state index contributed by atoms with van der Waals surface area (Å²) >= 11 is 0. The molecule has 1 amide bonds. The van der Waals surface area contributed by atoms with Crippen molar-refractivity contribution in [2.24, 2.45) is 16.6 Å². The van der Waals surface area contributed by atoms with E-state index in [-0.39, 0.29) is 35.8 Å². The van der Waals surface area contributed by atoms with Gasteiger partial charge >= 0.3 is 0 Å². The zero-order chi connectivity index (χ0) is 19.0. The number of aliphatic imine (C=N–C) groups is 1. The average molecular weight is 499 g/mol. The maximum Gasteiger partial charge on any atom is 0.220 e. The van der Waals surface area contributed by atoms with Crippen LogP contribution in [0.1, 0.15) is 32.1 Å². The summed E-state index contributed by atoms with van der Waals surface area (Å²) in [4.78, 5) is 17.8. The zero-order valence-electron chi connectivity index (χ0n) is 16.9. The Balaban J connectivity index is 0.00000676. The van der Waals surface area contributed by atoms with Crippen LogP contribution in [0.3, 0.4) is 0 Å². The molecule has 8 nitrogen and oxygen atoms in total. The molecule has 0 atom stereocenters. The monoisotopic (exact) mass is 499 g/mol. The fourth-order valence-corrected chi connectivity index (χ4v) is 2.95. The number of guanidine groups is 1. The predicted molar refractivity (Wildman–Crippen MR) is 120 cm³/mol. The van der Waals surface area contributed by atoms with Crippen LogP contribution in [0.15, 0.2) is 4.99 Å². The number of rotatable bonds is 13. The van der Waals surface area contributed by atoms with Crippen LogP contribution in [0.2, 0.25) is 0 Å². The highest BCUT2D eigenvalue weighted by Crippen LogP contribution is 2.16. The summed E-state index contributed by atoms with van der Waals surface area (Å²) < 4.78 is 10.4. The van der Waals surface area contributed by atoms with Gasteiger partial charge in [-0.25, -0.2) is 0 Å². The minimum absolute atomic E-state index is 0. The summed E-state index contributed by atoms with van der Waals surface area (Å²) in [6.45, 7) is 6.79. The molecule has 0 aromatic heterocycles. The van der Waals surface area contributed by atoms with Gasteiger partial charge in [-0.2, -0.15) is 0 Å². The predicted octanol–water partition coefficient (Wildman–Crippen LogP) is 0.800. The number of unbranched alkanes of at least 4 members (excludes halogenated alkanes) is 1. The van der Waals surface area contributed by atoms with Crippen molar-refractivity contribution in [3.63, 3.8) is 0 Å². The molecule has 0 aromatic rings. The minimum Gasteiger partial charge on any atom is -0.382 e. The molecule has 0 bridgehead atoms. The minimum atomic E-state index is -0.144. The van der Waals surface area contributed by atoms with Crippen LogP contribution in [0.5, 0.6) is 0 Å². The van der Waals surface area contributed by atoms with Crippen molar-refractivity contribution in [3.8, 4) is 0 Å². The third-order valence-corrected chi connectivity index (χ3v) is 4.60. The number of halogens is 1. The molecule has 1 heterocycles. The number of carbonyl (C=O) groups excluding carboxylic acids is 1. The Morgan fingerprint density at radius 1 is 1.11 bits per heavy atom. The van der Waals surface area contributed by atoms with Crippen LogP contribution in [0.4, 0.5) is 0 Å². The Morgan fingerprint density at radius 2 is 1.78 bits per heavy atom. The van der Waals surface area contributed by atoms with Gasteiger partial charge in [0.15, 0.2) is 5.96 Å². The van der Waals surface area contributed by atoms with E-state index in [1.165, 1.54) is 0 Å². The quantitative estimate of drug-likeness (QED) is 0.150. The number of primary amides is 1. The summed E-state index contributed by atoms with van der Waals surface area (Å²) in [5, 5.41) is 6.63. The Labute approximate surface area is 181 Å². The van der Waals surface area contributed by atoms with Crippen molar-refractivity contribution in [2.45, 2.75) is 32.1 Å². The van der Waals surface area contributed by atoms with Gasteiger partial charge < -0.3 is 30.7 Å². The van der Waals surface area contributed by atoms with E-state index in [1.54, 1.807) is 14.2 Å². The van der Waals surface area contributed by atoms with Crippen LogP contribution < -0.4 is 16.4 Å². The molecule has 0 aromatic carbocycles. The fraction of sp³-hybridized carbons (Fsp3) is 0.889. The molecule has 1 aliphatic rings. The van der Waals surface area contributed by atoms with E-state index in [4.69, 9.17) is 15.2 Å². The topological polar surface area (TPSA) is 101 Å². The molecular weight excluding hydrogens is 461 g/mol. The number of likely N-dealkylation sites (tertiary alicyclic amines) is 1. The van der Waals surface area contributed by atoms with E-state index in [0.717, 1.165) is 77.4 Å². The molecule has 1 saturated heterocycles. The van der Waals surface area contributed by atoms with Gasteiger partial charge in [0.1, 0.15) is 0 Å². The van der Waals surface area contributed by atoms with Crippen molar-refractivity contribution in [1.82, 2.24) is 15.5 Å². The van der Waals surface area contributed by atoms with E-state index in [2.05, 4.69) is 20.5 Å². The van der Waals surface area contributed by atoms with E-state index in [0.29, 0.717) is 13.2 Å². The molecule has 9 heteroatoms. The second-order valence-corrected chi connectivity index (χ2v) is 6.61. The lowest BCUT2D eigenvalue weighted by molar-refractivity contribution is -0.123. The van der Waals surface area contributed by atoms with Crippen molar-refractivity contribution in [3.05, 3.63) is 0 Å². The normalized spacial score (nSPS) is 16.0. The lowest BCUT2D eigenvalue weighted by atomic mass is 9.96. The fourth-order valence-electron chi connectivity index (χ4n) is 2.95. The number of nitrogens with one attached hydrogen (secondary N) is 2. The number of hydrogen-bond donors (Lipinski definition) is 3. The Kier molecular flexibility index (Phi) is 17.0. The van der Waals surface area contributed by atoms with Crippen molar-refractivity contribution in [2.75, 3.05) is 66.7 Å². The number of nitrogens with zero attached hydrogens (tertiary/aromatic N) is 2. The Bertz CT molecular complexity index is 404. The summed E-state index contributed by atoms with van der Waals surface area (Å²) in [7, 11) is 3.46. The first kappa shape index (κ1) is 26.4. The van der Waals surface area contributed by atoms with Gasteiger partial charge in [-0.05, 0) is 51.7 Å². The zero-order valence-corrected chi connectivity index (χ0v) is 19.2. The van der Waals surface area contributed by atoms with E-state index >= 15 is 0 Å². The third kappa shape index (κ3) is 13.2. The number of hydrogen-bond acceptors (Lipinski definition) is 5. The second kappa shape index (κ2) is 17.4. The number of piperidine rings is 1. The van der Waals surface area contributed by atoms with E-state index in [9.17, 15) is 4.79 Å². The third-order valence-electron chi connectivity index (χ3n) is 4.60. The number of methoxy groups -OCH3 is 1. The lowest BCUT2D eigenvalue weighted by Gasteiger charge is -2.30. The highest BCUT2D eigenvalue weighted by molar-refractivity contribution is 14.0. The van der Waals surface area contributed by atoms with Gasteiger partial charge in [-0.15, -0.1) is 24.0 Å². The van der Waals surface area contributed by atoms with Crippen LogP contribution in [0.25, 0.3) is 0 Å². The highest BCUT2D eigenvalue weighted by atomic mass is 127. The van der Waals surface area contributed by atoms with E-state index in [1.807, 2.05) is 0 Å². The molecule has 27 heavy (non-hydrogen) atoms. The maximum absolute atomic E-state index is 11.2. The summed E-state index contributed by atoms with van der Waals surface area (Å²) in [5.41, 5.74) is 5.37. The standard InChI is InChI=1S/C18H37N5O3.HI/c1-20-18(22-9-5-13-26-15-14-25-2)21-8-3-4-10-23-11-6-16(7-12-23)17(19)24;/h16H,3-15H2,1-2H3,(H2,19,24)(H2,20,21,22);1H. The van der Waals surface area contributed by atoms with Crippen LogP contribution in [0, 0.1) is 5.92 Å². The molecule has 0 radical (unpaired) electrons. The van der Waals surface area contributed by atoms with Crippen molar-refractivity contribution >= 4 is 35.8 Å². The molecule has 0 spiro atoms. The molecule has 1 aliphatic heterocycles. The smallest absolute Gasteiger partial charge is 0.220 e. The first-order chi connectivity index (χ1) is 12.7. The van der Waals surface area contributed by atoms with Crippen LogP contribution >= 0.6 is 24.0 Å². The highest BCUT2D eigenvalue weighted by Gasteiger charge is 2.22.